The van der Waals surface area contributed by atoms with Crippen LogP contribution in [0.3, 0.4) is 0 Å². The minimum Gasteiger partial charge on any atom is -0.497 e. The number of hydrogen-bond acceptors (Lipinski definition) is 6. The Morgan fingerprint density at radius 3 is 2.31 bits per heavy atom. The van der Waals surface area contributed by atoms with E-state index in [1.807, 2.05) is 26.0 Å². The number of fused-ring (bicyclic) bond motifs is 1. The van der Waals surface area contributed by atoms with Crippen molar-refractivity contribution in [3.8, 4) is 11.5 Å². The van der Waals surface area contributed by atoms with Crippen molar-refractivity contribution in [1.82, 2.24) is 20.9 Å². The van der Waals surface area contributed by atoms with Gasteiger partial charge in [-0.15, -0.1) is 0 Å². The first-order valence-electron chi connectivity index (χ1n) is 14.5. The van der Waals surface area contributed by atoms with Crippen molar-refractivity contribution in [3.63, 3.8) is 0 Å². The number of carbonyl (C=O) groups excluding carboxylic acids is 4. The molecule has 3 rings (SSSR count). The third-order valence-electron chi connectivity index (χ3n) is 7.18. The van der Waals surface area contributed by atoms with E-state index in [1.165, 1.54) is 0 Å². The number of likely N-dealkylation sites (N-methyl/N-ethyl adjacent to an activating group) is 1. The molecule has 2 aromatic carbocycles. The summed E-state index contributed by atoms with van der Waals surface area (Å²) in [6.45, 7) is 8.44. The van der Waals surface area contributed by atoms with E-state index in [0.29, 0.717) is 24.3 Å². The lowest BCUT2D eigenvalue weighted by molar-refractivity contribution is -0.138. The zero-order valence-corrected chi connectivity index (χ0v) is 25.4. The molecule has 0 saturated carbocycles. The van der Waals surface area contributed by atoms with Gasteiger partial charge in [-0.3, -0.25) is 19.2 Å². The van der Waals surface area contributed by atoms with Gasteiger partial charge in [0.15, 0.2) is 0 Å². The Morgan fingerprint density at radius 2 is 1.67 bits per heavy atom. The molecule has 0 aromatic heterocycles. The lowest BCUT2D eigenvalue weighted by atomic mass is 9.99. The molecule has 0 unspecified atom stereocenters. The lowest BCUT2D eigenvalue weighted by Crippen LogP contribution is -2.54. The largest absolute Gasteiger partial charge is 0.497 e. The van der Waals surface area contributed by atoms with Crippen molar-refractivity contribution >= 4 is 23.6 Å². The van der Waals surface area contributed by atoms with Crippen molar-refractivity contribution in [3.05, 3.63) is 59.7 Å². The second-order valence-electron chi connectivity index (χ2n) is 11.6. The fourth-order valence-corrected chi connectivity index (χ4v) is 4.91. The van der Waals surface area contributed by atoms with Gasteiger partial charge in [0.05, 0.1) is 25.1 Å². The Kier molecular flexibility index (Phi) is 11.8. The SMILES string of the molecule is COc1ccc(CNC(=O)[C@@H]2CC(=O)N[C@H](CC(C)C)C(=O)N(C)[C@@H](CC(C)C)COc3ccccc3C(=O)N2)cc1. The summed E-state index contributed by atoms with van der Waals surface area (Å²) in [5.74, 6) is -0.363. The van der Waals surface area contributed by atoms with E-state index in [0.717, 1.165) is 5.56 Å². The highest BCUT2D eigenvalue weighted by Gasteiger charge is 2.32. The van der Waals surface area contributed by atoms with E-state index in [1.54, 1.807) is 55.5 Å². The molecular weight excluding hydrogens is 536 g/mol. The zero-order valence-electron chi connectivity index (χ0n) is 25.4. The van der Waals surface area contributed by atoms with Gasteiger partial charge in [-0.25, -0.2) is 0 Å². The number of carbonyl (C=O) groups is 4. The van der Waals surface area contributed by atoms with Gasteiger partial charge in [0.2, 0.25) is 17.7 Å². The highest BCUT2D eigenvalue weighted by molar-refractivity contribution is 6.01. The summed E-state index contributed by atoms with van der Waals surface area (Å²) in [7, 11) is 3.29. The summed E-state index contributed by atoms with van der Waals surface area (Å²) in [4.78, 5) is 55.4. The normalized spacial score (nSPS) is 20.2. The van der Waals surface area contributed by atoms with Crippen LogP contribution >= 0.6 is 0 Å². The van der Waals surface area contributed by atoms with E-state index < -0.39 is 29.8 Å². The van der Waals surface area contributed by atoms with E-state index in [-0.39, 0.29) is 48.9 Å². The third kappa shape index (κ3) is 9.22. The Labute approximate surface area is 248 Å². The standard InChI is InChI=1S/C32H44N4O6/c1-20(2)15-23-19-42-28-10-8-7-9-25(28)30(38)35-26(31(39)33-18-22-11-13-24(41-6)14-12-22)17-29(37)34-27(16-21(3)4)32(40)36(23)5/h7-14,20-21,23,26-27H,15-19H2,1-6H3,(H,33,39)(H,34,37)(H,35,38)/t23-,26-,27+/m0/s1. The molecule has 10 nitrogen and oxygen atoms in total. The van der Waals surface area contributed by atoms with Gasteiger partial charge in [-0.1, -0.05) is 52.0 Å². The minimum absolute atomic E-state index is 0.126. The summed E-state index contributed by atoms with van der Waals surface area (Å²) >= 11 is 0. The number of nitrogens with zero attached hydrogens (tertiary/aromatic N) is 1. The number of ether oxygens (including phenoxy) is 2. The fraction of sp³-hybridized carbons (Fsp3) is 0.500. The second kappa shape index (κ2) is 15.2. The topological polar surface area (TPSA) is 126 Å². The molecule has 1 heterocycles. The maximum Gasteiger partial charge on any atom is 0.255 e. The van der Waals surface area contributed by atoms with Crippen molar-refractivity contribution in [1.29, 1.82) is 0 Å². The number of amides is 4. The molecular formula is C32H44N4O6. The number of methoxy groups -OCH3 is 1. The first kappa shape index (κ1) is 32.4. The van der Waals surface area contributed by atoms with E-state index in [2.05, 4.69) is 29.8 Å². The van der Waals surface area contributed by atoms with Crippen LogP contribution in [0.4, 0.5) is 0 Å². The first-order chi connectivity index (χ1) is 20.0. The zero-order chi connectivity index (χ0) is 30.8. The van der Waals surface area contributed by atoms with Crippen LogP contribution in [-0.4, -0.2) is 67.4 Å². The lowest BCUT2D eigenvalue weighted by Gasteiger charge is -2.33. The van der Waals surface area contributed by atoms with Gasteiger partial charge in [-0.2, -0.15) is 0 Å². The maximum absolute atomic E-state index is 13.7. The quantitative estimate of drug-likeness (QED) is 0.440. The Balaban J connectivity index is 1.92. The van der Waals surface area contributed by atoms with Crippen LogP contribution in [0, 0.1) is 11.8 Å². The second-order valence-corrected chi connectivity index (χ2v) is 11.6. The highest BCUT2D eigenvalue weighted by Crippen LogP contribution is 2.22. The Bertz CT molecular complexity index is 1230. The molecule has 0 aliphatic carbocycles. The maximum atomic E-state index is 13.7. The van der Waals surface area contributed by atoms with Crippen molar-refractivity contribution in [2.24, 2.45) is 11.8 Å². The van der Waals surface area contributed by atoms with Crippen LogP contribution in [-0.2, 0) is 20.9 Å². The van der Waals surface area contributed by atoms with Gasteiger partial charge in [-0.05, 0) is 54.5 Å². The summed E-state index contributed by atoms with van der Waals surface area (Å²) in [5.41, 5.74) is 1.05. The molecule has 3 N–H and O–H groups in total. The molecule has 3 atom stereocenters. The summed E-state index contributed by atoms with van der Waals surface area (Å²) in [6, 6.07) is 11.7. The molecule has 10 heteroatoms. The average molecular weight is 581 g/mol. The summed E-state index contributed by atoms with van der Waals surface area (Å²) < 4.78 is 11.3. The van der Waals surface area contributed by atoms with Crippen LogP contribution in [0.5, 0.6) is 11.5 Å². The predicted molar refractivity (Wildman–Crippen MR) is 160 cm³/mol. The van der Waals surface area contributed by atoms with Crippen LogP contribution in [0.2, 0.25) is 0 Å². The summed E-state index contributed by atoms with van der Waals surface area (Å²) in [5, 5.41) is 8.38. The fourth-order valence-electron chi connectivity index (χ4n) is 4.91. The number of nitrogens with one attached hydrogen (secondary N) is 3. The smallest absolute Gasteiger partial charge is 0.255 e. The molecule has 0 bridgehead atoms. The van der Waals surface area contributed by atoms with Crippen LogP contribution in [0.25, 0.3) is 0 Å². The van der Waals surface area contributed by atoms with Crippen LogP contribution < -0.4 is 25.4 Å². The molecule has 2 aromatic rings. The van der Waals surface area contributed by atoms with Crippen LogP contribution in [0.15, 0.2) is 48.5 Å². The monoisotopic (exact) mass is 580 g/mol. The molecule has 0 radical (unpaired) electrons. The van der Waals surface area contributed by atoms with Crippen molar-refractivity contribution < 1.29 is 28.7 Å². The van der Waals surface area contributed by atoms with E-state index in [4.69, 9.17) is 9.47 Å². The molecule has 1 aliphatic heterocycles. The van der Waals surface area contributed by atoms with Gasteiger partial charge in [0.1, 0.15) is 30.2 Å². The number of para-hydroxylation sites is 1. The molecule has 42 heavy (non-hydrogen) atoms. The molecule has 0 spiro atoms. The van der Waals surface area contributed by atoms with Gasteiger partial charge in [0.25, 0.3) is 5.91 Å². The highest BCUT2D eigenvalue weighted by atomic mass is 16.5. The Hall–Kier alpha value is -4.08. The van der Waals surface area contributed by atoms with Gasteiger partial charge in [0, 0.05) is 13.6 Å². The average Bonchev–Trinajstić information content (AvgIpc) is 2.96. The minimum atomic E-state index is -1.19. The van der Waals surface area contributed by atoms with E-state index >= 15 is 0 Å². The molecule has 1 aliphatic rings. The molecule has 0 saturated heterocycles. The predicted octanol–water partition coefficient (Wildman–Crippen LogP) is 3.30. The van der Waals surface area contributed by atoms with Crippen molar-refractivity contribution in [2.45, 2.75) is 71.6 Å². The molecule has 0 fully saturated rings. The van der Waals surface area contributed by atoms with Crippen LogP contribution in [0.1, 0.15) is 62.9 Å². The molecule has 228 valence electrons. The first-order valence-corrected chi connectivity index (χ1v) is 14.5. The van der Waals surface area contributed by atoms with E-state index in [9.17, 15) is 19.2 Å². The third-order valence-corrected chi connectivity index (χ3v) is 7.18. The number of rotatable bonds is 8. The number of hydrogen-bond donors (Lipinski definition) is 3. The van der Waals surface area contributed by atoms with Crippen molar-refractivity contribution in [2.75, 3.05) is 20.8 Å². The summed E-state index contributed by atoms with van der Waals surface area (Å²) in [6.07, 6.45) is 0.757. The van der Waals surface area contributed by atoms with Gasteiger partial charge < -0.3 is 30.3 Å². The van der Waals surface area contributed by atoms with Gasteiger partial charge >= 0.3 is 0 Å². The molecule has 4 amide bonds. The number of benzene rings is 2. The Morgan fingerprint density at radius 1 is 1.00 bits per heavy atom.